The fourth-order valence-electron chi connectivity index (χ4n) is 3.05. The van der Waals surface area contributed by atoms with E-state index in [0.717, 1.165) is 18.2 Å². The number of carbonyl (C=O) groups excluding carboxylic acids is 2. The molecule has 0 heterocycles. The Morgan fingerprint density at radius 3 is 1.56 bits per heavy atom. The summed E-state index contributed by atoms with van der Waals surface area (Å²) in [4.78, 5) is 24.0. The van der Waals surface area contributed by atoms with E-state index >= 15 is 0 Å². The standard InChI is InChI=1S/2C13H10O5/c14-8-2-3-9(11(16)6-8)13(18)7-1-4-10(15)12(17)5-7;14-8-3-1-7(2-4-8)11(16)9-5-6-10(15)13(18)12(9)17/h1-6,14-17H;1-6,14-15,17-18H. The highest BCUT2D eigenvalue weighted by Crippen LogP contribution is 2.38. The van der Waals surface area contributed by atoms with Crippen LogP contribution in [0.4, 0.5) is 0 Å². The predicted molar refractivity (Wildman–Crippen MR) is 126 cm³/mol. The maximum atomic E-state index is 12.0. The van der Waals surface area contributed by atoms with Gasteiger partial charge in [0, 0.05) is 17.2 Å². The van der Waals surface area contributed by atoms with Crippen molar-refractivity contribution in [2.24, 2.45) is 0 Å². The van der Waals surface area contributed by atoms with E-state index in [2.05, 4.69) is 0 Å². The monoisotopic (exact) mass is 492 g/mol. The van der Waals surface area contributed by atoms with Crippen LogP contribution < -0.4 is 0 Å². The van der Waals surface area contributed by atoms with E-state index < -0.39 is 34.6 Å². The molecule has 0 saturated carbocycles. The van der Waals surface area contributed by atoms with Crippen molar-refractivity contribution in [2.75, 3.05) is 0 Å². The molecule has 10 heteroatoms. The molecule has 0 bridgehead atoms. The molecule has 0 spiro atoms. The highest BCUT2D eigenvalue weighted by Gasteiger charge is 2.18. The van der Waals surface area contributed by atoms with E-state index in [9.17, 15) is 30.0 Å². The van der Waals surface area contributed by atoms with Crippen LogP contribution in [-0.4, -0.2) is 52.4 Å². The third kappa shape index (κ3) is 5.39. The molecule has 8 N–H and O–H groups in total. The molecule has 0 saturated heterocycles. The minimum Gasteiger partial charge on any atom is -0.508 e. The lowest BCUT2D eigenvalue weighted by Gasteiger charge is -2.06. The van der Waals surface area contributed by atoms with Crippen LogP contribution in [0.25, 0.3) is 0 Å². The SMILES string of the molecule is O=C(c1ccc(O)c(O)c1)c1ccc(O)cc1O.O=C(c1ccc(O)cc1)c1ccc(O)c(O)c1O. The van der Waals surface area contributed by atoms with Crippen LogP contribution in [0.15, 0.2) is 72.8 Å². The molecule has 0 aromatic heterocycles. The van der Waals surface area contributed by atoms with Gasteiger partial charge in [-0.2, -0.15) is 0 Å². The van der Waals surface area contributed by atoms with Gasteiger partial charge in [0.05, 0.1) is 11.1 Å². The molecule has 0 aliphatic heterocycles. The molecule has 4 rings (SSSR count). The topological polar surface area (TPSA) is 196 Å². The van der Waals surface area contributed by atoms with Crippen LogP contribution in [0.1, 0.15) is 31.8 Å². The zero-order valence-electron chi connectivity index (χ0n) is 18.3. The van der Waals surface area contributed by atoms with Gasteiger partial charge in [0.25, 0.3) is 0 Å². The van der Waals surface area contributed by atoms with Crippen molar-refractivity contribution in [1.82, 2.24) is 0 Å². The summed E-state index contributed by atoms with van der Waals surface area (Å²) in [5, 5.41) is 74.3. The molecule has 36 heavy (non-hydrogen) atoms. The summed E-state index contributed by atoms with van der Waals surface area (Å²) in [6.45, 7) is 0. The maximum Gasteiger partial charge on any atom is 0.201 e. The van der Waals surface area contributed by atoms with Gasteiger partial charge < -0.3 is 40.9 Å². The molecule has 184 valence electrons. The molecule has 0 aliphatic rings. The lowest BCUT2D eigenvalue weighted by Crippen LogP contribution is -2.01. The first-order valence-corrected chi connectivity index (χ1v) is 10.2. The van der Waals surface area contributed by atoms with Crippen LogP contribution >= 0.6 is 0 Å². The van der Waals surface area contributed by atoms with E-state index in [1.807, 2.05) is 0 Å². The van der Waals surface area contributed by atoms with E-state index in [1.165, 1.54) is 54.6 Å². The van der Waals surface area contributed by atoms with Crippen LogP contribution in [0, 0.1) is 0 Å². The van der Waals surface area contributed by atoms with Crippen molar-refractivity contribution >= 4 is 11.6 Å². The Hall–Kier alpha value is -5.38. The third-order valence-corrected chi connectivity index (χ3v) is 4.97. The van der Waals surface area contributed by atoms with Gasteiger partial charge in [-0.05, 0) is 66.7 Å². The molecular weight excluding hydrogens is 472 g/mol. The first-order valence-electron chi connectivity index (χ1n) is 10.2. The first kappa shape index (κ1) is 25.2. The third-order valence-electron chi connectivity index (χ3n) is 4.97. The van der Waals surface area contributed by atoms with Gasteiger partial charge in [0.15, 0.2) is 34.6 Å². The van der Waals surface area contributed by atoms with Gasteiger partial charge in [0.1, 0.15) is 17.2 Å². The molecule has 0 unspecified atom stereocenters. The second-order valence-corrected chi connectivity index (χ2v) is 7.44. The number of benzene rings is 4. The lowest BCUT2D eigenvalue weighted by molar-refractivity contribution is 0.102. The largest absolute Gasteiger partial charge is 0.508 e. The Balaban J connectivity index is 0.000000201. The summed E-state index contributed by atoms with van der Waals surface area (Å²) in [6, 6.07) is 15.0. The van der Waals surface area contributed by atoms with Gasteiger partial charge >= 0.3 is 0 Å². The van der Waals surface area contributed by atoms with Crippen molar-refractivity contribution < 1.29 is 50.4 Å². The Bertz CT molecular complexity index is 1440. The second-order valence-electron chi connectivity index (χ2n) is 7.44. The molecule has 0 radical (unpaired) electrons. The molecule has 0 aliphatic carbocycles. The summed E-state index contributed by atoms with van der Waals surface area (Å²) in [6.07, 6.45) is 0. The average molecular weight is 492 g/mol. The number of rotatable bonds is 4. The van der Waals surface area contributed by atoms with Gasteiger partial charge in [0.2, 0.25) is 5.75 Å². The predicted octanol–water partition coefficient (Wildman–Crippen LogP) is 3.48. The number of hydrogen-bond donors (Lipinski definition) is 8. The second kappa shape index (κ2) is 10.3. The number of hydrogen-bond acceptors (Lipinski definition) is 10. The Labute approximate surface area is 203 Å². The fourth-order valence-corrected chi connectivity index (χ4v) is 3.05. The Morgan fingerprint density at radius 1 is 0.417 bits per heavy atom. The van der Waals surface area contributed by atoms with Gasteiger partial charge in [-0.25, -0.2) is 0 Å². The van der Waals surface area contributed by atoms with Crippen molar-refractivity contribution in [3.63, 3.8) is 0 Å². The summed E-state index contributed by atoms with van der Waals surface area (Å²) in [5.41, 5.74) is 0.230. The van der Waals surface area contributed by atoms with E-state index in [0.29, 0.717) is 0 Å². The van der Waals surface area contributed by atoms with Gasteiger partial charge in [-0.15, -0.1) is 0 Å². The number of phenols is 8. The van der Waals surface area contributed by atoms with E-state index in [-0.39, 0.29) is 45.3 Å². The van der Waals surface area contributed by atoms with Crippen molar-refractivity contribution in [1.29, 1.82) is 0 Å². The summed E-state index contributed by atoms with van der Waals surface area (Å²) >= 11 is 0. The highest BCUT2D eigenvalue weighted by molar-refractivity contribution is 6.11. The summed E-state index contributed by atoms with van der Waals surface area (Å²) in [5.74, 6) is -4.21. The molecule has 10 nitrogen and oxygen atoms in total. The van der Waals surface area contributed by atoms with E-state index in [1.54, 1.807) is 0 Å². The molecular formula is C26H20O10. The Morgan fingerprint density at radius 2 is 0.944 bits per heavy atom. The fraction of sp³-hybridized carbons (Fsp3) is 0. The van der Waals surface area contributed by atoms with Crippen LogP contribution in [0.3, 0.4) is 0 Å². The summed E-state index contributed by atoms with van der Waals surface area (Å²) in [7, 11) is 0. The van der Waals surface area contributed by atoms with Crippen LogP contribution in [-0.2, 0) is 0 Å². The molecule has 4 aromatic carbocycles. The number of ketones is 2. The quantitative estimate of drug-likeness (QED) is 0.154. The zero-order chi connectivity index (χ0) is 26.6. The smallest absolute Gasteiger partial charge is 0.201 e. The van der Waals surface area contributed by atoms with E-state index in [4.69, 9.17) is 20.4 Å². The normalized spacial score (nSPS) is 10.2. The van der Waals surface area contributed by atoms with Crippen LogP contribution in [0.2, 0.25) is 0 Å². The van der Waals surface area contributed by atoms with Crippen molar-refractivity contribution in [3.8, 4) is 46.0 Å². The lowest BCUT2D eigenvalue weighted by atomic mass is 10.0. The van der Waals surface area contributed by atoms with Crippen molar-refractivity contribution in [2.45, 2.75) is 0 Å². The minimum absolute atomic E-state index is 0.00195. The highest BCUT2D eigenvalue weighted by atomic mass is 16.3. The van der Waals surface area contributed by atoms with Crippen LogP contribution in [0.5, 0.6) is 46.0 Å². The molecule has 0 amide bonds. The number of carbonyl (C=O) groups is 2. The van der Waals surface area contributed by atoms with Gasteiger partial charge in [-0.3, -0.25) is 9.59 Å². The average Bonchev–Trinajstić information content (AvgIpc) is 2.84. The Kier molecular flexibility index (Phi) is 7.20. The maximum absolute atomic E-state index is 12.0. The zero-order valence-corrected chi connectivity index (χ0v) is 18.3. The number of aromatic hydroxyl groups is 8. The summed E-state index contributed by atoms with van der Waals surface area (Å²) < 4.78 is 0. The molecule has 0 atom stereocenters. The first-order chi connectivity index (χ1) is 17.0. The minimum atomic E-state index is -0.736. The molecule has 4 aromatic rings. The molecule has 0 fully saturated rings. The van der Waals surface area contributed by atoms with Gasteiger partial charge in [-0.1, -0.05) is 0 Å². The van der Waals surface area contributed by atoms with Crippen molar-refractivity contribution in [3.05, 3.63) is 95.1 Å². The number of phenolic OH excluding ortho intramolecular Hbond substituents is 8.